The minimum atomic E-state index is 0.536. The SMILES string of the molecule is CCN1CCN(C(C)CNC(=NC)N(C)CC2CCOC2)CC1. The Morgan fingerprint density at radius 2 is 2.09 bits per heavy atom. The molecule has 2 atom stereocenters. The molecule has 1 N–H and O–H groups in total. The third-order valence-corrected chi connectivity index (χ3v) is 5.16. The van der Waals surface area contributed by atoms with Crippen molar-refractivity contribution in [3.63, 3.8) is 0 Å². The highest BCUT2D eigenvalue weighted by Gasteiger charge is 2.22. The van der Waals surface area contributed by atoms with Crippen LogP contribution >= 0.6 is 0 Å². The van der Waals surface area contributed by atoms with E-state index in [2.05, 4.69) is 45.9 Å². The van der Waals surface area contributed by atoms with Crippen molar-refractivity contribution < 1.29 is 4.74 Å². The summed E-state index contributed by atoms with van der Waals surface area (Å²) in [6.07, 6.45) is 1.17. The van der Waals surface area contributed by atoms with Crippen LogP contribution in [-0.2, 0) is 4.74 Å². The third-order valence-electron chi connectivity index (χ3n) is 5.16. The van der Waals surface area contributed by atoms with Crippen LogP contribution in [0.4, 0.5) is 0 Å². The van der Waals surface area contributed by atoms with Gasteiger partial charge in [-0.3, -0.25) is 9.89 Å². The van der Waals surface area contributed by atoms with E-state index in [9.17, 15) is 0 Å². The number of hydrogen-bond acceptors (Lipinski definition) is 4. The molecule has 134 valence electrons. The van der Waals surface area contributed by atoms with Gasteiger partial charge in [-0.15, -0.1) is 0 Å². The molecule has 2 aliphatic rings. The van der Waals surface area contributed by atoms with E-state index in [4.69, 9.17) is 4.74 Å². The molecule has 2 aliphatic heterocycles. The number of guanidine groups is 1. The average Bonchev–Trinajstić information content (AvgIpc) is 3.08. The maximum Gasteiger partial charge on any atom is 0.193 e. The smallest absolute Gasteiger partial charge is 0.193 e. The van der Waals surface area contributed by atoms with Gasteiger partial charge in [0.2, 0.25) is 0 Å². The number of hydrogen-bond donors (Lipinski definition) is 1. The Labute approximate surface area is 141 Å². The monoisotopic (exact) mass is 325 g/mol. The molecule has 0 aromatic rings. The molecule has 0 aromatic carbocycles. The van der Waals surface area contributed by atoms with Gasteiger partial charge in [-0.1, -0.05) is 6.92 Å². The Bertz CT molecular complexity index is 362. The van der Waals surface area contributed by atoms with E-state index >= 15 is 0 Å². The van der Waals surface area contributed by atoms with Gasteiger partial charge in [-0.05, 0) is 19.9 Å². The van der Waals surface area contributed by atoms with E-state index in [1.807, 2.05) is 7.05 Å². The minimum absolute atomic E-state index is 0.536. The van der Waals surface area contributed by atoms with Gasteiger partial charge in [0.25, 0.3) is 0 Å². The molecule has 6 nitrogen and oxygen atoms in total. The van der Waals surface area contributed by atoms with Crippen LogP contribution in [0.5, 0.6) is 0 Å². The zero-order chi connectivity index (χ0) is 16.7. The molecular weight excluding hydrogens is 290 g/mol. The van der Waals surface area contributed by atoms with Crippen LogP contribution < -0.4 is 5.32 Å². The number of aliphatic imine (C=N–C) groups is 1. The summed E-state index contributed by atoms with van der Waals surface area (Å²) < 4.78 is 5.47. The maximum absolute atomic E-state index is 5.47. The molecule has 0 aromatic heterocycles. The Hall–Kier alpha value is -0.850. The molecule has 0 amide bonds. The predicted octanol–water partition coefficient (Wildman–Crippen LogP) is 0.556. The quantitative estimate of drug-likeness (QED) is 0.571. The van der Waals surface area contributed by atoms with Gasteiger partial charge >= 0.3 is 0 Å². The van der Waals surface area contributed by atoms with Crippen molar-refractivity contribution in [3.05, 3.63) is 0 Å². The first-order valence-corrected chi connectivity index (χ1v) is 9.10. The lowest BCUT2D eigenvalue weighted by Gasteiger charge is -2.38. The van der Waals surface area contributed by atoms with Gasteiger partial charge in [-0.25, -0.2) is 0 Å². The van der Waals surface area contributed by atoms with E-state index in [1.165, 1.54) is 39.1 Å². The summed E-state index contributed by atoms with van der Waals surface area (Å²) >= 11 is 0. The van der Waals surface area contributed by atoms with Crippen LogP contribution in [0.3, 0.4) is 0 Å². The van der Waals surface area contributed by atoms with E-state index < -0.39 is 0 Å². The van der Waals surface area contributed by atoms with Crippen molar-refractivity contribution in [1.82, 2.24) is 20.0 Å². The van der Waals surface area contributed by atoms with Crippen LogP contribution in [0.25, 0.3) is 0 Å². The zero-order valence-corrected chi connectivity index (χ0v) is 15.4. The first-order chi connectivity index (χ1) is 11.1. The maximum atomic E-state index is 5.47. The Balaban J connectivity index is 1.71. The highest BCUT2D eigenvalue weighted by atomic mass is 16.5. The molecule has 2 saturated heterocycles. The Morgan fingerprint density at radius 3 is 2.65 bits per heavy atom. The molecule has 0 radical (unpaired) electrons. The second kappa shape index (κ2) is 9.45. The number of nitrogens with one attached hydrogen (secondary N) is 1. The largest absolute Gasteiger partial charge is 0.381 e. The lowest BCUT2D eigenvalue weighted by Crippen LogP contribution is -2.53. The van der Waals surface area contributed by atoms with E-state index in [0.717, 1.165) is 32.3 Å². The van der Waals surface area contributed by atoms with Crippen molar-refractivity contribution in [3.8, 4) is 0 Å². The fourth-order valence-corrected chi connectivity index (χ4v) is 3.47. The first-order valence-electron chi connectivity index (χ1n) is 9.10. The molecule has 2 fully saturated rings. The van der Waals surface area contributed by atoms with Crippen LogP contribution in [0.1, 0.15) is 20.3 Å². The Morgan fingerprint density at radius 1 is 1.35 bits per heavy atom. The number of likely N-dealkylation sites (N-methyl/N-ethyl adjacent to an activating group) is 1. The fraction of sp³-hybridized carbons (Fsp3) is 0.941. The standard InChI is InChI=1S/C17H35N5O/c1-5-21-7-9-22(10-8-21)15(2)12-19-17(18-3)20(4)13-16-6-11-23-14-16/h15-16H,5-14H2,1-4H3,(H,18,19). The molecule has 6 heteroatoms. The summed E-state index contributed by atoms with van der Waals surface area (Å²) in [5, 5.41) is 3.55. The Kier molecular flexibility index (Phi) is 7.59. The number of ether oxygens (including phenoxy) is 1. The molecule has 0 saturated carbocycles. The van der Waals surface area contributed by atoms with E-state index in [0.29, 0.717) is 12.0 Å². The first kappa shape index (κ1) is 18.5. The fourth-order valence-electron chi connectivity index (χ4n) is 3.47. The van der Waals surface area contributed by atoms with Crippen molar-refractivity contribution in [2.24, 2.45) is 10.9 Å². The van der Waals surface area contributed by atoms with Gasteiger partial charge in [0.1, 0.15) is 0 Å². The van der Waals surface area contributed by atoms with Crippen LogP contribution in [0, 0.1) is 5.92 Å². The second-order valence-electron chi connectivity index (χ2n) is 6.86. The topological polar surface area (TPSA) is 43.3 Å². The van der Waals surface area contributed by atoms with Gasteiger partial charge in [0, 0.05) is 71.9 Å². The molecule has 0 aliphatic carbocycles. The molecule has 2 heterocycles. The number of nitrogens with zero attached hydrogens (tertiary/aromatic N) is 4. The highest BCUT2D eigenvalue weighted by Crippen LogP contribution is 2.13. The summed E-state index contributed by atoms with van der Waals surface area (Å²) in [6.45, 7) is 14.2. The van der Waals surface area contributed by atoms with E-state index in [1.54, 1.807) is 0 Å². The lowest BCUT2D eigenvalue weighted by atomic mass is 10.1. The third kappa shape index (κ3) is 5.62. The normalized spacial score (nSPS) is 25.6. The van der Waals surface area contributed by atoms with Crippen molar-refractivity contribution in [2.75, 3.05) is 73.1 Å². The molecule has 0 bridgehead atoms. The van der Waals surface area contributed by atoms with Crippen molar-refractivity contribution in [1.29, 1.82) is 0 Å². The van der Waals surface area contributed by atoms with Crippen LogP contribution in [0.2, 0.25) is 0 Å². The van der Waals surface area contributed by atoms with Crippen LogP contribution in [0.15, 0.2) is 4.99 Å². The predicted molar refractivity (Wildman–Crippen MR) is 96.1 cm³/mol. The van der Waals surface area contributed by atoms with Crippen LogP contribution in [-0.4, -0.2) is 99.8 Å². The summed E-state index contributed by atoms with van der Waals surface area (Å²) in [6, 6.07) is 0.536. The summed E-state index contributed by atoms with van der Waals surface area (Å²) in [4.78, 5) is 11.8. The molecular formula is C17H35N5O. The van der Waals surface area contributed by atoms with Gasteiger partial charge in [-0.2, -0.15) is 0 Å². The molecule has 23 heavy (non-hydrogen) atoms. The van der Waals surface area contributed by atoms with Crippen molar-refractivity contribution >= 4 is 5.96 Å². The number of piperazine rings is 1. The zero-order valence-electron chi connectivity index (χ0n) is 15.4. The molecule has 2 unspecified atom stereocenters. The van der Waals surface area contributed by atoms with E-state index in [-0.39, 0.29) is 0 Å². The average molecular weight is 326 g/mol. The van der Waals surface area contributed by atoms with Gasteiger partial charge in [0.05, 0.1) is 6.61 Å². The minimum Gasteiger partial charge on any atom is -0.381 e. The summed E-state index contributed by atoms with van der Waals surface area (Å²) in [5.41, 5.74) is 0. The van der Waals surface area contributed by atoms with Gasteiger partial charge < -0.3 is 19.9 Å². The summed E-state index contributed by atoms with van der Waals surface area (Å²) in [7, 11) is 3.99. The summed E-state index contributed by atoms with van der Waals surface area (Å²) in [5.74, 6) is 1.63. The number of rotatable bonds is 6. The molecule has 0 spiro atoms. The highest BCUT2D eigenvalue weighted by molar-refractivity contribution is 5.79. The van der Waals surface area contributed by atoms with Gasteiger partial charge in [0.15, 0.2) is 5.96 Å². The lowest BCUT2D eigenvalue weighted by molar-refractivity contribution is 0.107. The van der Waals surface area contributed by atoms with Crippen molar-refractivity contribution in [2.45, 2.75) is 26.3 Å². The second-order valence-corrected chi connectivity index (χ2v) is 6.86. The molecule has 2 rings (SSSR count).